The fourth-order valence-electron chi connectivity index (χ4n) is 3.99. The number of halogens is 4. The Bertz CT molecular complexity index is 1370. The van der Waals surface area contributed by atoms with Crippen LogP contribution in [0.25, 0.3) is 11.4 Å². The van der Waals surface area contributed by atoms with Gasteiger partial charge in [0, 0.05) is 12.7 Å². The van der Waals surface area contributed by atoms with Crippen molar-refractivity contribution >= 4 is 15.9 Å². The summed E-state index contributed by atoms with van der Waals surface area (Å²) in [6, 6.07) is 7.93. The van der Waals surface area contributed by atoms with Gasteiger partial charge in [-0.25, -0.2) is 22.8 Å². The number of carbonyl (C=O) groups is 1. The second-order valence-electron chi connectivity index (χ2n) is 8.42. The van der Waals surface area contributed by atoms with Gasteiger partial charge in [0.1, 0.15) is 17.7 Å². The van der Waals surface area contributed by atoms with Gasteiger partial charge in [0.25, 0.3) is 0 Å². The topological polar surface area (TPSA) is 105 Å². The number of nitrogens with one attached hydrogen (secondary N) is 1. The first kappa shape index (κ1) is 25.6. The van der Waals surface area contributed by atoms with Crippen LogP contribution < -0.4 is 5.32 Å². The third-order valence-corrected chi connectivity index (χ3v) is 8.01. The Morgan fingerprint density at radius 3 is 2.44 bits per heavy atom. The van der Waals surface area contributed by atoms with Gasteiger partial charge in [-0.15, -0.1) is 0 Å². The minimum atomic E-state index is -4.51. The first-order valence-corrected chi connectivity index (χ1v) is 12.3. The molecule has 3 aromatic rings. The largest absolute Gasteiger partial charge is 0.417 e. The number of sulfonamides is 1. The number of carbonyl (C=O) groups excluding carboxylic acids is 1. The molecule has 3 heterocycles. The van der Waals surface area contributed by atoms with E-state index in [-0.39, 0.29) is 35.8 Å². The molecular weight excluding hydrogens is 502 g/mol. The van der Waals surface area contributed by atoms with E-state index in [0.717, 1.165) is 34.6 Å². The summed E-state index contributed by atoms with van der Waals surface area (Å²) in [6.07, 6.45) is -1.87. The Hall–Kier alpha value is -3.45. The third-order valence-electron chi connectivity index (χ3n) is 5.97. The van der Waals surface area contributed by atoms with Crippen molar-refractivity contribution < 1.29 is 30.8 Å². The fraction of sp³-hybridized carbons (Fsp3) is 0.304. The number of rotatable bonds is 6. The van der Waals surface area contributed by atoms with E-state index in [1.165, 1.54) is 25.4 Å². The molecule has 0 aliphatic carbocycles. The molecule has 0 spiro atoms. The van der Waals surface area contributed by atoms with Crippen LogP contribution in [-0.2, 0) is 27.5 Å². The predicted octanol–water partition coefficient (Wildman–Crippen LogP) is 3.56. The van der Waals surface area contributed by atoms with E-state index >= 15 is 0 Å². The van der Waals surface area contributed by atoms with E-state index in [9.17, 15) is 30.8 Å². The highest BCUT2D eigenvalue weighted by Crippen LogP contribution is 2.35. The summed E-state index contributed by atoms with van der Waals surface area (Å²) < 4.78 is 79.0. The predicted molar refractivity (Wildman–Crippen MR) is 120 cm³/mol. The Morgan fingerprint density at radius 2 is 1.81 bits per heavy atom. The number of alkyl halides is 3. The maximum absolute atomic E-state index is 13.3. The summed E-state index contributed by atoms with van der Waals surface area (Å²) in [5.74, 6) is -1.12. The highest BCUT2D eigenvalue weighted by atomic mass is 32.2. The highest BCUT2D eigenvalue weighted by Gasteiger charge is 2.49. The summed E-state index contributed by atoms with van der Waals surface area (Å²) in [7, 11) is -4.06. The van der Waals surface area contributed by atoms with E-state index in [0.29, 0.717) is 18.3 Å². The lowest BCUT2D eigenvalue weighted by Gasteiger charge is -2.33. The minimum Gasteiger partial charge on any atom is -0.349 e. The van der Waals surface area contributed by atoms with E-state index in [1.54, 1.807) is 0 Å². The van der Waals surface area contributed by atoms with Gasteiger partial charge in [-0.2, -0.15) is 17.5 Å². The van der Waals surface area contributed by atoms with Gasteiger partial charge >= 0.3 is 6.18 Å². The van der Waals surface area contributed by atoms with Gasteiger partial charge in [0.05, 0.1) is 34.1 Å². The van der Waals surface area contributed by atoms with Gasteiger partial charge in [-0.05, 0) is 62.2 Å². The van der Waals surface area contributed by atoms with Crippen molar-refractivity contribution in [3.8, 4) is 11.4 Å². The highest BCUT2D eigenvalue weighted by molar-refractivity contribution is 7.89. The lowest BCUT2D eigenvalue weighted by atomic mass is 9.99. The number of pyridine rings is 1. The van der Waals surface area contributed by atoms with E-state index in [1.807, 2.05) is 0 Å². The van der Waals surface area contributed by atoms with E-state index in [2.05, 4.69) is 20.3 Å². The molecule has 1 fully saturated rings. The SMILES string of the molecule is CC1(C(=O)NCc2cc(-c3ccc(C(F)(F)F)cn3)ncn2)CCCN1S(=O)(=O)c1ccc(F)cc1. The smallest absolute Gasteiger partial charge is 0.349 e. The average molecular weight is 524 g/mol. The lowest BCUT2D eigenvalue weighted by Crippen LogP contribution is -2.55. The zero-order valence-corrected chi connectivity index (χ0v) is 19.8. The Balaban J connectivity index is 1.48. The number of aromatic nitrogens is 3. The molecule has 1 unspecified atom stereocenters. The van der Waals surface area contributed by atoms with Crippen LogP contribution in [0.4, 0.5) is 17.6 Å². The normalized spacial score (nSPS) is 18.8. The molecule has 0 saturated carbocycles. The van der Waals surface area contributed by atoms with Crippen LogP contribution in [0.3, 0.4) is 0 Å². The molecule has 1 atom stereocenters. The van der Waals surface area contributed by atoms with Crippen molar-refractivity contribution in [3.05, 3.63) is 72.1 Å². The summed E-state index contributed by atoms with van der Waals surface area (Å²) in [6.45, 7) is 1.57. The standard InChI is InChI=1S/C23H21F4N5O3S/c1-22(9-2-10-32(22)36(34,35)18-6-4-16(24)5-7-18)21(33)29-13-17-11-20(31-14-30-17)19-8-3-15(12-28-19)23(25,26)27/h3-8,11-12,14H,2,9-10,13H2,1H3,(H,29,33). The molecule has 36 heavy (non-hydrogen) atoms. The van der Waals surface area contributed by atoms with Gasteiger partial charge in [-0.1, -0.05) is 0 Å². The van der Waals surface area contributed by atoms with Crippen LogP contribution in [0.1, 0.15) is 31.0 Å². The molecule has 1 aromatic carbocycles. The molecule has 0 radical (unpaired) electrons. The number of nitrogens with zero attached hydrogens (tertiary/aromatic N) is 4. The summed E-state index contributed by atoms with van der Waals surface area (Å²) in [5, 5.41) is 2.69. The molecule has 1 saturated heterocycles. The summed E-state index contributed by atoms with van der Waals surface area (Å²) in [5.41, 5.74) is -1.46. The van der Waals surface area contributed by atoms with Gasteiger partial charge in [0.15, 0.2) is 0 Å². The van der Waals surface area contributed by atoms with Crippen LogP contribution in [0, 0.1) is 5.82 Å². The van der Waals surface area contributed by atoms with Gasteiger partial charge < -0.3 is 5.32 Å². The van der Waals surface area contributed by atoms with Crippen molar-refractivity contribution in [2.75, 3.05) is 6.54 Å². The Morgan fingerprint density at radius 1 is 1.08 bits per heavy atom. The zero-order valence-electron chi connectivity index (χ0n) is 19.0. The van der Waals surface area contributed by atoms with Crippen molar-refractivity contribution in [3.63, 3.8) is 0 Å². The van der Waals surface area contributed by atoms with Crippen LogP contribution in [0.5, 0.6) is 0 Å². The monoisotopic (exact) mass is 523 g/mol. The molecule has 0 bridgehead atoms. The third kappa shape index (κ3) is 5.07. The lowest BCUT2D eigenvalue weighted by molar-refractivity contribution is -0.137. The fourth-order valence-corrected chi connectivity index (χ4v) is 5.80. The number of amides is 1. The van der Waals surface area contributed by atoms with Gasteiger partial charge in [-0.3, -0.25) is 9.78 Å². The summed E-state index contributed by atoms with van der Waals surface area (Å²) in [4.78, 5) is 24.9. The number of benzene rings is 1. The molecule has 1 N–H and O–H groups in total. The van der Waals surface area contributed by atoms with Crippen molar-refractivity contribution in [1.82, 2.24) is 24.6 Å². The quantitative estimate of drug-likeness (QED) is 0.496. The molecule has 13 heteroatoms. The van der Waals surface area contributed by atoms with Crippen LogP contribution in [0.15, 0.2) is 59.9 Å². The molecule has 1 aliphatic rings. The minimum absolute atomic E-state index is 0.0744. The molecule has 1 aliphatic heterocycles. The second-order valence-corrected chi connectivity index (χ2v) is 10.3. The van der Waals surface area contributed by atoms with Crippen molar-refractivity contribution in [2.24, 2.45) is 0 Å². The number of hydrogen-bond donors (Lipinski definition) is 1. The number of hydrogen-bond acceptors (Lipinski definition) is 6. The average Bonchev–Trinajstić information content (AvgIpc) is 3.26. The molecule has 8 nitrogen and oxygen atoms in total. The van der Waals surface area contributed by atoms with E-state index < -0.39 is 39.0 Å². The van der Waals surface area contributed by atoms with Gasteiger partial charge in [0.2, 0.25) is 15.9 Å². The molecule has 1 amide bonds. The molecule has 4 rings (SSSR count). The maximum Gasteiger partial charge on any atom is 0.417 e. The van der Waals surface area contributed by atoms with E-state index in [4.69, 9.17) is 0 Å². The summed E-state index contributed by atoms with van der Waals surface area (Å²) >= 11 is 0. The second kappa shape index (κ2) is 9.54. The molecular formula is C23H21F4N5O3S. The van der Waals surface area contributed by atoms with Crippen molar-refractivity contribution in [1.29, 1.82) is 0 Å². The maximum atomic E-state index is 13.3. The van der Waals surface area contributed by atoms with Crippen molar-refractivity contribution in [2.45, 2.75) is 42.9 Å². The molecule has 190 valence electrons. The first-order chi connectivity index (χ1) is 16.9. The Kier molecular flexibility index (Phi) is 6.80. The van der Waals surface area contributed by atoms with Crippen LogP contribution >= 0.6 is 0 Å². The van der Waals surface area contributed by atoms with Crippen LogP contribution in [-0.4, -0.2) is 45.7 Å². The van der Waals surface area contributed by atoms with Crippen LogP contribution in [0.2, 0.25) is 0 Å². The Labute approximate surface area is 204 Å². The first-order valence-electron chi connectivity index (χ1n) is 10.8. The zero-order chi connectivity index (χ0) is 26.1. The molecule has 2 aromatic heterocycles.